The molecular weight excluding hydrogens is 551 g/mol. The van der Waals surface area contributed by atoms with E-state index >= 15 is 0 Å². The first-order chi connectivity index (χ1) is 17.0. The minimum absolute atomic E-state index is 0.103. The fraction of sp³-hybridized carbons (Fsp3) is 0.0417. The monoisotopic (exact) mass is 564 g/mol. The lowest BCUT2D eigenvalue weighted by Crippen LogP contribution is -2.54. The molecule has 3 aromatic carbocycles. The predicted octanol–water partition coefficient (Wildman–Crippen LogP) is 5.39. The van der Waals surface area contributed by atoms with E-state index in [1.54, 1.807) is 25.1 Å². The van der Waals surface area contributed by atoms with Gasteiger partial charge in [-0.25, -0.2) is 9.69 Å². The van der Waals surface area contributed by atoms with E-state index in [4.69, 9.17) is 39.0 Å². The largest absolute Gasteiger partial charge is 0.376 e. The molecule has 0 saturated carbocycles. The van der Waals surface area contributed by atoms with Gasteiger partial charge in [0.1, 0.15) is 10.5 Å². The predicted molar refractivity (Wildman–Crippen MR) is 136 cm³/mol. The van der Waals surface area contributed by atoms with Crippen LogP contribution in [0.15, 0.2) is 71.1 Å². The summed E-state index contributed by atoms with van der Waals surface area (Å²) in [4.78, 5) is 38.8. The summed E-state index contributed by atoms with van der Waals surface area (Å²) < 4.78 is 30.2. The molecule has 36 heavy (non-hydrogen) atoms. The molecule has 8 nitrogen and oxygen atoms in total. The Morgan fingerprint density at radius 1 is 0.889 bits per heavy atom. The molecule has 1 heterocycles. The number of amides is 4. The maximum absolute atomic E-state index is 13.2. The van der Waals surface area contributed by atoms with Crippen molar-refractivity contribution in [2.24, 2.45) is 0 Å². The zero-order valence-corrected chi connectivity index (χ0v) is 21.4. The lowest BCUT2D eigenvalue weighted by atomic mass is 10.1. The van der Waals surface area contributed by atoms with Gasteiger partial charge in [-0.1, -0.05) is 59.1 Å². The van der Waals surface area contributed by atoms with Gasteiger partial charge >= 0.3 is 16.1 Å². The van der Waals surface area contributed by atoms with Gasteiger partial charge in [0.25, 0.3) is 11.8 Å². The summed E-state index contributed by atoms with van der Waals surface area (Å²) in [5.74, 6) is -2.15. The van der Waals surface area contributed by atoms with Crippen molar-refractivity contribution in [2.75, 3.05) is 4.90 Å². The highest BCUT2D eigenvalue weighted by Crippen LogP contribution is 2.37. The molecule has 0 radical (unpaired) electrons. The van der Waals surface area contributed by atoms with Crippen LogP contribution in [0.2, 0.25) is 15.1 Å². The van der Waals surface area contributed by atoms with Crippen LogP contribution in [-0.2, 0) is 19.7 Å². The summed E-state index contributed by atoms with van der Waals surface area (Å²) in [5, 5.41) is 2.07. The molecule has 184 valence electrons. The first-order valence-electron chi connectivity index (χ1n) is 10.1. The second kappa shape index (κ2) is 9.94. The Hall–Kier alpha value is -3.37. The number of hydrogen-bond acceptors (Lipinski definition) is 6. The van der Waals surface area contributed by atoms with Crippen molar-refractivity contribution < 1.29 is 27.0 Å². The number of anilines is 1. The maximum atomic E-state index is 13.2. The highest BCUT2D eigenvalue weighted by molar-refractivity contribution is 7.87. The number of rotatable bonds is 5. The molecule has 0 bridgehead atoms. The fourth-order valence-corrected chi connectivity index (χ4v) is 5.20. The van der Waals surface area contributed by atoms with Crippen LogP contribution < -0.4 is 14.4 Å². The average Bonchev–Trinajstić information content (AvgIpc) is 2.82. The van der Waals surface area contributed by atoms with Crippen LogP contribution in [0.3, 0.4) is 0 Å². The van der Waals surface area contributed by atoms with Crippen LogP contribution in [0.4, 0.5) is 10.5 Å². The van der Waals surface area contributed by atoms with Crippen LogP contribution in [0.25, 0.3) is 6.08 Å². The van der Waals surface area contributed by atoms with Crippen LogP contribution in [-0.4, -0.2) is 26.3 Å². The van der Waals surface area contributed by atoms with Gasteiger partial charge in [-0.15, -0.1) is 0 Å². The van der Waals surface area contributed by atoms with E-state index in [1.807, 2.05) is 0 Å². The smallest absolute Gasteiger partial charge is 0.339 e. The first-order valence-corrected chi connectivity index (χ1v) is 12.7. The van der Waals surface area contributed by atoms with E-state index in [1.165, 1.54) is 48.5 Å². The summed E-state index contributed by atoms with van der Waals surface area (Å²) in [6.45, 7) is 1.62. The van der Waals surface area contributed by atoms with Gasteiger partial charge in [0.2, 0.25) is 0 Å². The van der Waals surface area contributed by atoms with Gasteiger partial charge in [-0.05, 0) is 60.5 Å². The Morgan fingerprint density at radius 3 is 2.17 bits per heavy atom. The summed E-state index contributed by atoms with van der Waals surface area (Å²) in [7, 11) is -4.23. The molecule has 0 unspecified atom stereocenters. The molecule has 0 atom stereocenters. The Balaban J connectivity index is 1.70. The number of urea groups is 1. The van der Waals surface area contributed by atoms with Gasteiger partial charge < -0.3 is 4.18 Å². The minimum atomic E-state index is -4.23. The minimum Gasteiger partial charge on any atom is -0.376 e. The quantitative estimate of drug-likeness (QED) is 0.252. The molecule has 1 aliphatic heterocycles. The van der Waals surface area contributed by atoms with Gasteiger partial charge in [0.05, 0.1) is 15.7 Å². The van der Waals surface area contributed by atoms with E-state index < -0.39 is 28.0 Å². The van der Waals surface area contributed by atoms with Gasteiger partial charge in [-0.2, -0.15) is 8.42 Å². The van der Waals surface area contributed by atoms with Gasteiger partial charge in [-0.3, -0.25) is 14.9 Å². The average molecular weight is 566 g/mol. The van der Waals surface area contributed by atoms with Crippen LogP contribution in [0.5, 0.6) is 5.75 Å². The molecule has 1 aliphatic rings. The second-order valence-electron chi connectivity index (χ2n) is 7.51. The number of benzene rings is 3. The fourth-order valence-electron chi connectivity index (χ4n) is 3.37. The number of hydrogen-bond donors (Lipinski definition) is 1. The third-order valence-corrected chi connectivity index (χ3v) is 7.34. The van der Waals surface area contributed by atoms with Crippen molar-refractivity contribution in [1.29, 1.82) is 0 Å². The van der Waals surface area contributed by atoms with E-state index in [-0.39, 0.29) is 37.5 Å². The van der Waals surface area contributed by atoms with Crippen LogP contribution >= 0.6 is 34.8 Å². The van der Waals surface area contributed by atoms with E-state index in [0.717, 1.165) is 4.90 Å². The van der Waals surface area contributed by atoms with E-state index in [0.29, 0.717) is 10.6 Å². The molecule has 0 spiro atoms. The highest BCUT2D eigenvalue weighted by Gasteiger charge is 2.37. The summed E-state index contributed by atoms with van der Waals surface area (Å²) in [6, 6.07) is 13.7. The molecular formula is C24H15Cl3N2O6S. The summed E-state index contributed by atoms with van der Waals surface area (Å²) in [5.41, 5.74) is 0.467. The Kier molecular flexibility index (Phi) is 7.10. The number of halogens is 3. The number of carbonyl (C=O) groups is 3. The van der Waals surface area contributed by atoms with Crippen molar-refractivity contribution in [3.63, 3.8) is 0 Å². The molecule has 1 N–H and O–H groups in total. The maximum Gasteiger partial charge on any atom is 0.339 e. The molecule has 0 aliphatic carbocycles. The zero-order valence-electron chi connectivity index (χ0n) is 18.3. The SMILES string of the molecule is Cc1c(Cl)cccc1N1C(=O)NC(=O)/C(=C\c2cc(Cl)c(OS(=O)(=O)c3ccccc3)c(Cl)c2)C1=O. The molecule has 3 aromatic rings. The number of nitrogens with zero attached hydrogens (tertiary/aromatic N) is 1. The molecule has 4 amide bonds. The number of carbonyl (C=O) groups excluding carboxylic acids is 3. The van der Waals surface area contributed by atoms with Crippen molar-refractivity contribution in [2.45, 2.75) is 11.8 Å². The zero-order chi connectivity index (χ0) is 26.2. The lowest BCUT2D eigenvalue weighted by Gasteiger charge is -2.27. The highest BCUT2D eigenvalue weighted by atomic mass is 35.5. The Labute approximate surface area is 221 Å². The van der Waals surface area contributed by atoms with Crippen molar-refractivity contribution in [1.82, 2.24) is 5.32 Å². The summed E-state index contributed by atoms with van der Waals surface area (Å²) in [6.07, 6.45) is 1.17. The van der Waals surface area contributed by atoms with Crippen molar-refractivity contribution >= 4 is 74.5 Å². The Morgan fingerprint density at radius 2 is 1.53 bits per heavy atom. The topological polar surface area (TPSA) is 110 Å². The first kappa shape index (κ1) is 25.7. The van der Waals surface area contributed by atoms with Crippen LogP contribution in [0.1, 0.15) is 11.1 Å². The number of imide groups is 2. The Bertz CT molecular complexity index is 1530. The lowest BCUT2D eigenvalue weighted by molar-refractivity contribution is -0.122. The van der Waals surface area contributed by atoms with Gasteiger partial charge in [0, 0.05) is 5.02 Å². The van der Waals surface area contributed by atoms with Crippen molar-refractivity contribution in [3.05, 3.63) is 92.4 Å². The number of nitrogens with one attached hydrogen (secondary N) is 1. The second-order valence-corrected chi connectivity index (χ2v) is 10.3. The molecule has 12 heteroatoms. The number of barbiturate groups is 1. The molecule has 0 aromatic heterocycles. The van der Waals surface area contributed by atoms with Gasteiger partial charge in [0.15, 0.2) is 5.75 Å². The van der Waals surface area contributed by atoms with Crippen molar-refractivity contribution in [3.8, 4) is 5.75 Å². The van der Waals surface area contributed by atoms with Crippen LogP contribution in [0, 0.1) is 6.92 Å². The molecule has 4 rings (SSSR count). The van der Waals surface area contributed by atoms with E-state index in [9.17, 15) is 22.8 Å². The summed E-state index contributed by atoms with van der Waals surface area (Å²) >= 11 is 18.6. The third-order valence-electron chi connectivity index (χ3n) is 5.14. The third kappa shape index (κ3) is 4.96. The standard InChI is InChI=1S/C24H15Cl3N2O6S/c1-13-17(25)8-5-9-20(13)29-23(31)16(22(30)28-24(29)32)10-14-11-18(26)21(19(27)12-14)35-36(33,34)15-6-3-2-4-7-15/h2-12H,1H3,(H,28,30,32)/b16-10+. The van der Waals surface area contributed by atoms with E-state index in [2.05, 4.69) is 5.32 Å². The normalized spacial score (nSPS) is 15.3. The molecule has 1 saturated heterocycles. The molecule has 1 fully saturated rings.